The first kappa shape index (κ1) is 31.7. The summed E-state index contributed by atoms with van der Waals surface area (Å²) in [6.07, 6.45) is 22.3. The normalized spacial score (nSPS) is 15.0. The Hall–Kier alpha value is -3.21. The summed E-state index contributed by atoms with van der Waals surface area (Å²) in [5.41, 5.74) is 2.79. The summed E-state index contributed by atoms with van der Waals surface area (Å²) in [7, 11) is 0. The van der Waals surface area contributed by atoms with Crippen LogP contribution >= 0.6 is 0 Å². The van der Waals surface area contributed by atoms with E-state index in [4.69, 9.17) is 4.74 Å². The molecule has 1 aliphatic carbocycles. The minimum atomic E-state index is -0.878. The third-order valence-corrected chi connectivity index (χ3v) is 9.12. The van der Waals surface area contributed by atoms with Crippen LogP contribution in [0.25, 0.3) is 22.5 Å². The van der Waals surface area contributed by atoms with Crippen LogP contribution in [0.1, 0.15) is 116 Å². The lowest BCUT2D eigenvalue weighted by Gasteiger charge is -2.25. The number of hydrogen-bond acceptors (Lipinski definition) is 4. The van der Waals surface area contributed by atoms with Crippen LogP contribution in [0.3, 0.4) is 0 Å². The van der Waals surface area contributed by atoms with Crippen LogP contribution in [0, 0.1) is 5.92 Å². The van der Waals surface area contributed by atoms with Gasteiger partial charge in [-0.15, -0.1) is 0 Å². The molecule has 5 nitrogen and oxygen atoms in total. The third kappa shape index (κ3) is 9.14. The van der Waals surface area contributed by atoms with E-state index in [1.54, 1.807) is 0 Å². The van der Waals surface area contributed by atoms with Crippen molar-refractivity contribution in [1.82, 2.24) is 9.97 Å². The molecule has 1 heterocycles. The Labute approximate surface area is 253 Å². The average molecular weight is 571 g/mol. The highest BCUT2D eigenvalue weighted by Crippen LogP contribution is 2.33. The lowest BCUT2D eigenvalue weighted by molar-refractivity contribution is -0.143. The Morgan fingerprint density at radius 1 is 0.810 bits per heavy atom. The van der Waals surface area contributed by atoms with Crippen molar-refractivity contribution in [3.63, 3.8) is 0 Å². The third-order valence-electron chi connectivity index (χ3n) is 9.12. The van der Waals surface area contributed by atoms with Crippen molar-refractivity contribution < 1.29 is 14.6 Å². The Morgan fingerprint density at radius 3 is 2.10 bits per heavy atom. The standard InChI is InChI=1S/C37H50N2O3/c1-3-4-5-12-25-37(2,36(40)41)33-21-17-30(18-22-33)32-27-38-35(39-28-32)31-19-23-34(24-20-31)42-26-13-8-6-7-9-14-29-15-10-11-16-29/h17-24,27-29H,3-16,25-26H2,1-2H3,(H,40,41)/t37-/m1/s1. The van der Waals surface area contributed by atoms with E-state index in [2.05, 4.69) is 16.9 Å². The molecule has 226 valence electrons. The highest BCUT2D eigenvalue weighted by atomic mass is 16.5. The van der Waals surface area contributed by atoms with Gasteiger partial charge in [-0.3, -0.25) is 4.79 Å². The van der Waals surface area contributed by atoms with E-state index in [0.717, 1.165) is 72.6 Å². The molecule has 0 bridgehead atoms. The predicted molar refractivity (Wildman–Crippen MR) is 172 cm³/mol. The fourth-order valence-electron chi connectivity index (χ4n) is 6.19. The van der Waals surface area contributed by atoms with Crippen LogP contribution in [0.5, 0.6) is 5.75 Å². The maximum atomic E-state index is 12.2. The molecule has 0 saturated heterocycles. The number of carboxylic acids is 1. The van der Waals surface area contributed by atoms with Crippen molar-refractivity contribution >= 4 is 5.97 Å². The van der Waals surface area contributed by atoms with Crippen LogP contribution in [0.2, 0.25) is 0 Å². The van der Waals surface area contributed by atoms with Gasteiger partial charge in [0.25, 0.3) is 0 Å². The molecule has 1 N–H and O–H groups in total. The molecule has 3 aromatic rings. The van der Waals surface area contributed by atoms with Crippen molar-refractivity contribution in [2.75, 3.05) is 6.61 Å². The van der Waals surface area contributed by atoms with Gasteiger partial charge in [0.05, 0.1) is 12.0 Å². The number of aromatic nitrogens is 2. The van der Waals surface area contributed by atoms with Gasteiger partial charge < -0.3 is 9.84 Å². The monoisotopic (exact) mass is 570 g/mol. The van der Waals surface area contributed by atoms with Gasteiger partial charge in [0.1, 0.15) is 5.75 Å². The lowest BCUT2D eigenvalue weighted by Crippen LogP contribution is -2.32. The van der Waals surface area contributed by atoms with E-state index in [1.807, 2.05) is 67.8 Å². The van der Waals surface area contributed by atoms with Crippen molar-refractivity contribution in [2.45, 2.75) is 116 Å². The van der Waals surface area contributed by atoms with E-state index in [1.165, 1.54) is 57.8 Å². The SMILES string of the molecule is CCCCCC[C@@](C)(C(=O)O)c1ccc(-c2cnc(-c3ccc(OCCCCCCCC4CCCC4)cc3)nc2)cc1. The van der Waals surface area contributed by atoms with E-state index in [-0.39, 0.29) is 0 Å². The van der Waals surface area contributed by atoms with Gasteiger partial charge in [-0.2, -0.15) is 0 Å². The summed E-state index contributed by atoms with van der Waals surface area (Å²) in [5.74, 6) is 1.81. The lowest BCUT2D eigenvalue weighted by atomic mass is 9.77. The number of rotatable bonds is 18. The summed E-state index contributed by atoms with van der Waals surface area (Å²) >= 11 is 0. The Morgan fingerprint density at radius 2 is 1.43 bits per heavy atom. The zero-order valence-corrected chi connectivity index (χ0v) is 25.8. The van der Waals surface area contributed by atoms with E-state index in [0.29, 0.717) is 12.2 Å². The van der Waals surface area contributed by atoms with Gasteiger partial charge in [0.15, 0.2) is 5.82 Å². The zero-order chi connectivity index (χ0) is 29.6. The van der Waals surface area contributed by atoms with Gasteiger partial charge in [0, 0.05) is 23.5 Å². The molecule has 0 unspecified atom stereocenters. The smallest absolute Gasteiger partial charge is 0.313 e. The van der Waals surface area contributed by atoms with Crippen LogP contribution in [0.4, 0.5) is 0 Å². The molecule has 1 aromatic heterocycles. The first-order valence-electron chi connectivity index (χ1n) is 16.4. The highest BCUT2D eigenvalue weighted by Gasteiger charge is 2.34. The molecule has 1 fully saturated rings. The molecule has 1 aliphatic rings. The molecule has 0 radical (unpaired) electrons. The van der Waals surface area contributed by atoms with Crippen molar-refractivity contribution in [1.29, 1.82) is 0 Å². The number of aliphatic carboxylic acids is 1. The Kier molecular flexibility index (Phi) is 12.4. The summed E-state index contributed by atoms with van der Waals surface area (Å²) < 4.78 is 5.96. The van der Waals surface area contributed by atoms with Crippen molar-refractivity contribution in [2.24, 2.45) is 5.92 Å². The van der Waals surface area contributed by atoms with E-state index >= 15 is 0 Å². The molecule has 1 atom stereocenters. The van der Waals surface area contributed by atoms with Crippen LogP contribution in [-0.2, 0) is 10.2 Å². The van der Waals surface area contributed by atoms with E-state index in [9.17, 15) is 9.90 Å². The van der Waals surface area contributed by atoms with Gasteiger partial charge in [-0.1, -0.05) is 115 Å². The molecule has 0 amide bonds. The molecule has 4 rings (SSSR count). The zero-order valence-electron chi connectivity index (χ0n) is 25.8. The molecular weight excluding hydrogens is 520 g/mol. The first-order valence-corrected chi connectivity index (χ1v) is 16.4. The number of ether oxygens (including phenoxy) is 1. The van der Waals surface area contributed by atoms with Gasteiger partial charge in [-0.05, 0) is 61.1 Å². The number of hydrogen-bond donors (Lipinski definition) is 1. The summed E-state index contributed by atoms with van der Waals surface area (Å²) in [5, 5.41) is 9.98. The van der Waals surface area contributed by atoms with Crippen LogP contribution in [0.15, 0.2) is 60.9 Å². The predicted octanol–water partition coefficient (Wildman–Crippen LogP) is 10.0. The number of carboxylic acid groups (broad SMARTS) is 1. The van der Waals surface area contributed by atoms with E-state index < -0.39 is 11.4 Å². The second-order valence-corrected chi connectivity index (χ2v) is 12.4. The van der Waals surface area contributed by atoms with Crippen molar-refractivity contribution in [3.05, 3.63) is 66.5 Å². The summed E-state index contributed by atoms with van der Waals surface area (Å²) in [4.78, 5) is 21.4. The number of nitrogens with zero attached hydrogens (tertiary/aromatic N) is 2. The molecule has 2 aromatic carbocycles. The summed E-state index contributed by atoms with van der Waals surface area (Å²) in [6, 6.07) is 15.8. The molecule has 1 saturated carbocycles. The average Bonchev–Trinajstić information content (AvgIpc) is 3.55. The van der Waals surface area contributed by atoms with Gasteiger partial charge in [-0.25, -0.2) is 9.97 Å². The maximum Gasteiger partial charge on any atom is 0.313 e. The van der Waals surface area contributed by atoms with Crippen LogP contribution in [-0.4, -0.2) is 27.7 Å². The largest absolute Gasteiger partial charge is 0.494 e. The molecular formula is C37H50N2O3. The fraction of sp³-hybridized carbons (Fsp3) is 0.541. The van der Waals surface area contributed by atoms with Crippen molar-refractivity contribution in [3.8, 4) is 28.3 Å². The van der Waals surface area contributed by atoms with Gasteiger partial charge >= 0.3 is 5.97 Å². The Balaban J connectivity index is 1.22. The molecule has 42 heavy (non-hydrogen) atoms. The fourth-order valence-corrected chi connectivity index (χ4v) is 6.19. The highest BCUT2D eigenvalue weighted by molar-refractivity contribution is 5.81. The second kappa shape index (κ2) is 16.4. The molecule has 5 heteroatoms. The minimum absolute atomic E-state index is 0.642. The quantitative estimate of drug-likeness (QED) is 0.154. The first-order chi connectivity index (χ1) is 20.5. The second-order valence-electron chi connectivity index (χ2n) is 12.4. The topological polar surface area (TPSA) is 72.3 Å². The maximum absolute atomic E-state index is 12.2. The number of carbonyl (C=O) groups is 1. The molecule has 0 aliphatic heterocycles. The van der Waals surface area contributed by atoms with Gasteiger partial charge in [0.2, 0.25) is 0 Å². The number of benzene rings is 2. The minimum Gasteiger partial charge on any atom is -0.494 e. The number of unbranched alkanes of at least 4 members (excludes halogenated alkanes) is 7. The van der Waals surface area contributed by atoms with Crippen LogP contribution < -0.4 is 4.74 Å². The molecule has 0 spiro atoms. The summed E-state index contributed by atoms with van der Waals surface area (Å²) in [6.45, 7) is 4.76. The Bertz CT molecular complexity index is 1200.